The molecular formula is C28H26ClFN4O2. The molecule has 1 heterocycles. The third-order valence-electron chi connectivity index (χ3n) is 6.25. The molecule has 0 aromatic heterocycles. The van der Waals surface area contributed by atoms with Crippen LogP contribution in [0.4, 0.5) is 4.39 Å². The number of amidine groups is 1. The standard InChI is InChI=1S/C28H26ClFN4O2/c1-2-26(36)33-11-13-34(14-12-33)28(32)20-16-21(27-23(30)9-6-10-25(27)35)22(29)17-19(20)24(31)15-18-7-4-3-5-8-18/h2-10,16-17,31-32,35H,1,11-15H2. The Bertz CT molecular complexity index is 1310. The lowest BCUT2D eigenvalue weighted by atomic mass is 9.92. The van der Waals surface area contributed by atoms with E-state index >= 15 is 0 Å². The van der Waals surface area contributed by atoms with Gasteiger partial charge in [0.15, 0.2) is 0 Å². The molecule has 0 radical (unpaired) electrons. The molecule has 0 atom stereocenters. The van der Waals surface area contributed by atoms with Crippen molar-refractivity contribution in [2.45, 2.75) is 6.42 Å². The van der Waals surface area contributed by atoms with Gasteiger partial charge in [-0.25, -0.2) is 4.39 Å². The summed E-state index contributed by atoms with van der Waals surface area (Å²) in [5.41, 5.74) is 2.23. The quantitative estimate of drug-likeness (QED) is 0.247. The fourth-order valence-corrected chi connectivity index (χ4v) is 4.59. The summed E-state index contributed by atoms with van der Waals surface area (Å²) in [6, 6.07) is 16.7. The number of halogens is 2. The number of phenolic OH excluding ortho intramolecular Hbond substituents is 1. The van der Waals surface area contributed by atoms with E-state index in [1.54, 1.807) is 17.0 Å². The third kappa shape index (κ3) is 5.16. The van der Waals surface area contributed by atoms with Gasteiger partial charge >= 0.3 is 0 Å². The number of hydrogen-bond donors (Lipinski definition) is 3. The molecule has 1 amide bonds. The number of carbonyl (C=O) groups is 1. The first-order valence-corrected chi connectivity index (χ1v) is 11.9. The highest BCUT2D eigenvalue weighted by Crippen LogP contribution is 2.38. The lowest BCUT2D eigenvalue weighted by Crippen LogP contribution is -2.50. The van der Waals surface area contributed by atoms with Gasteiger partial charge in [0.2, 0.25) is 5.91 Å². The number of phenols is 1. The molecule has 3 aromatic carbocycles. The molecule has 184 valence electrons. The molecule has 6 nitrogen and oxygen atoms in total. The Morgan fingerprint density at radius 1 is 1.00 bits per heavy atom. The monoisotopic (exact) mass is 504 g/mol. The Morgan fingerprint density at radius 3 is 2.31 bits per heavy atom. The highest BCUT2D eigenvalue weighted by molar-refractivity contribution is 6.34. The second kappa shape index (κ2) is 10.7. The average molecular weight is 505 g/mol. The van der Waals surface area contributed by atoms with Crippen molar-refractivity contribution >= 4 is 29.1 Å². The maximum Gasteiger partial charge on any atom is 0.246 e. The van der Waals surface area contributed by atoms with Crippen molar-refractivity contribution in [3.8, 4) is 16.9 Å². The predicted octanol–water partition coefficient (Wildman–Crippen LogP) is 5.12. The molecule has 1 aliphatic rings. The number of aromatic hydroxyl groups is 1. The number of rotatable bonds is 6. The fraction of sp³-hybridized carbons (Fsp3) is 0.179. The molecule has 0 aliphatic carbocycles. The van der Waals surface area contributed by atoms with Crippen molar-refractivity contribution in [2.24, 2.45) is 0 Å². The summed E-state index contributed by atoms with van der Waals surface area (Å²) >= 11 is 6.58. The highest BCUT2D eigenvalue weighted by atomic mass is 35.5. The smallest absolute Gasteiger partial charge is 0.246 e. The van der Waals surface area contributed by atoms with Crippen LogP contribution < -0.4 is 0 Å². The normalized spacial score (nSPS) is 13.4. The zero-order valence-corrected chi connectivity index (χ0v) is 20.4. The molecule has 0 saturated carbocycles. The van der Waals surface area contributed by atoms with Crippen molar-refractivity contribution in [2.75, 3.05) is 26.2 Å². The summed E-state index contributed by atoms with van der Waals surface area (Å²) in [7, 11) is 0. The van der Waals surface area contributed by atoms with Gasteiger partial charge < -0.3 is 20.3 Å². The number of nitrogens with one attached hydrogen (secondary N) is 2. The van der Waals surface area contributed by atoms with Crippen molar-refractivity contribution in [1.29, 1.82) is 10.8 Å². The second-order valence-electron chi connectivity index (χ2n) is 8.52. The average Bonchev–Trinajstić information content (AvgIpc) is 2.89. The summed E-state index contributed by atoms with van der Waals surface area (Å²) in [6.45, 7) is 5.23. The van der Waals surface area contributed by atoms with E-state index in [1.807, 2.05) is 35.2 Å². The van der Waals surface area contributed by atoms with Gasteiger partial charge in [0, 0.05) is 60.0 Å². The maximum atomic E-state index is 14.7. The molecule has 1 aliphatic heterocycles. The van der Waals surface area contributed by atoms with Crippen molar-refractivity contribution < 1.29 is 14.3 Å². The fourth-order valence-electron chi connectivity index (χ4n) is 4.33. The van der Waals surface area contributed by atoms with Crippen molar-refractivity contribution in [3.63, 3.8) is 0 Å². The Balaban J connectivity index is 1.75. The van der Waals surface area contributed by atoms with Crippen LogP contribution in [0.15, 0.2) is 73.3 Å². The van der Waals surface area contributed by atoms with Crippen LogP contribution in [0.3, 0.4) is 0 Å². The van der Waals surface area contributed by atoms with Gasteiger partial charge in [-0.05, 0) is 35.9 Å². The van der Waals surface area contributed by atoms with E-state index in [0.29, 0.717) is 43.7 Å². The van der Waals surface area contributed by atoms with E-state index in [9.17, 15) is 14.3 Å². The van der Waals surface area contributed by atoms with Crippen LogP contribution in [0.2, 0.25) is 5.02 Å². The minimum atomic E-state index is -0.641. The molecule has 8 heteroatoms. The van der Waals surface area contributed by atoms with Crippen LogP contribution in [0.1, 0.15) is 16.7 Å². The van der Waals surface area contributed by atoms with E-state index in [2.05, 4.69) is 6.58 Å². The molecule has 1 fully saturated rings. The Labute approximate surface area is 214 Å². The Kier molecular flexibility index (Phi) is 7.50. The van der Waals surface area contributed by atoms with Crippen LogP contribution in [-0.2, 0) is 11.2 Å². The highest BCUT2D eigenvalue weighted by Gasteiger charge is 2.26. The first-order chi connectivity index (χ1) is 17.3. The molecule has 0 spiro atoms. The first kappa shape index (κ1) is 25.1. The number of nitrogens with zero attached hydrogens (tertiary/aromatic N) is 2. The van der Waals surface area contributed by atoms with E-state index in [4.69, 9.17) is 22.4 Å². The lowest BCUT2D eigenvalue weighted by Gasteiger charge is -2.36. The number of amides is 1. The molecular weight excluding hydrogens is 479 g/mol. The van der Waals surface area contributed by atoms with Gasteiger partial charge in [-0.3, -0.25) is 10.2 Å². The van der Waals surface area contributed by atoms with Crippen molar-refractivity contribution in [3.05, 3.63) is 101 Å². The maximum absolute atomic E-state index is 14.7. The van der Waals surface area contributed by atoms with E-state index in [-0.39, 0.29) is 39.4 Å². The largest absolute Gasteiger partial charge is 0.507 e. The first-order valence-electron chi connectivity index (χ1n) is 11.5. The summed E-state index contributed by atoms with van der Waals surface area (Å²) in [6.07, 6.45) is 1.60. The van der Waals surface area contributed by atoms with Gasteiger partial charge in [0.25, 0.3) is 0 Å². The van der Waals surface area contributed by atoms with Gasteiger partial charge in [-0.15, -0.1) is 0 Å². The summed E-state index contributed by atoms with van der Waals surface area (Å²) < 4.78 is 14.7. The minimum absolute atomic E-state index is 0.0564. The molecule has 1 saturated heterocycles. The summed E-state index contributed by atoms with van der Waals surface area (Å²) in [5.74, 6) is -0.923. The zero-order valence-electron chi connectivity index (χ0n) is 19.6. The molecule has 3 aromatic rings. The van der Waals surface area contributed by atoms with Crippen LogP contribution in [0.5, 0.6) is 5.75 Å². The molecule has 36 heavy (non-hydrogen) atoms. The van der Waals surface area contributed by atoms with E-state index in [1.165, 1.54) is 24.3 Å². The van der Waals surface area contributed by atoms with Crippen LogP contribution in [0, 0.1) is 16.6 Å². The van der Waals surface area contributed by atoms with Crippen LogP contribution >= 0.6 is 11.6 Å². The number of hydrogen-bond acceptors (Lipinski definition) is 4. The van der Waals surface area contributed by atoms with Gasteiger partial charge in [0.1, 0.15) is 17.4 Å². The van der Waals surface area contributed by atoms with E-state index < -0.39 is 5.82 Å². The van der Waals surface area contributed by atoms with Crippen LogP contribution in [-0.4, -0.2) is 58.5 Å². The predicted molar refractivity (Wildman–Crippen MR) is 141 cm³/mol. The Morgan fingerprint density at radius 2 is 1.67 bits per heavy atom. The summed E-state index contributed by atoms with van der Waals surface area (Å²) in [5, 5.41) is 28.4. The SMILES string of the molecule is C=CC(=O)N1CCN(C(=N)c2cc(-c3c(O)cccc3F)c(Cl)cc2C(=N)Cc2ccccc2)CC1. The van der Waals surface area contributed by atoms with Gasteiger partial charge in [-0.1, -0.05) is 54.6 Å². The van der Waals surface area contributed by atoms with Gasteiger partial charge in [0.05, 0.1) is 5.56 Å². The molecule has 0 bridgehead atoms. The number of carbonyl (C=O) groups excluding carboxylic acids is 1. The van der Waals surface area contributed by atoms with Crippen molar-refractivity contribution in [1.82, 2.24) is 9.80 Å². The van der Waals surface area contributed by atoms with Crippen LogP contribution in [0.25, 0.3) is 11.1 Å². The van der Waals surface area contributed by atoms with Gasteiger partial charge in [-0.2, -0.15) is 0 Å². The topological polar surface area (TPSA) is 91.5 Å². The lowest BCUT2D eigenvalue weighted by molar-refractivity contribution is -0.127. The molecule has 0 unspecified atom stereocenters. The molecule has 4 rings (SSSR count). The van der Waals surface area contributed by atoms with E-state index in [0.717, 1.165) is 5.56 Å². The third-order valence-corrected chi connectivity index (χ3v) is 6.57. The summed E-state index contributed by atoms with van der Waals surface area (Å²) in [4.78, 5) is 15.5. The Hall–Kier alpha value is -3.97. The number of piperazine rings is 1. The minimum Gasteiger partial charge on any atom is -0.507 e. The zero-order chi connectivity index (χ0) is 25.8. The molecule has 3 N–H and O–H groups in total. The second-order valence-corrected chi connectivity index (χ2v) is 8.92. The number of benzene rings is 3.